The maximum absolute atomic E-state index is 11.8. The number of carbonyl (C=O) groups excluding carboxylic acids is 1. The van der Waals surface area contributed by atoms with Gasteiger partial charge in [0.25, 0.3) is 0 Å². The number of hydrogen-bond donors (Lipinski definition) is 2. The smallest absolute Gasteiger partial charge is 0.309 e. The summed E-state index contributed by atoms with van der Waals surface area (Å²) >= 11 is 2.70. The number of ether oxygens (including phenoxy) is 1. The number of carbonyl (C=O) groups is 2. The van der Waals surface area contributed by atoms with Crippen LogP contribution in [0.15, 0.2) is 9.72 Å². The first-order chi connectivity index (χ1) is 9.63. The highest BCUT2D eigenvalue weighted by Crippen LogP contribution is 2.22. The van der Waals surface area contributed by atoms with Crippen LogP contribution in [0, 0.1) is 0 Å². The van der Waals surface area contributed by atoms with Gasteiger partial charge in [0.1, 0.15) is 0 Å². The third-order valence-electron chi connectivity index (χ3n) is 2.78. The molecule has 6 nitrogen and oxygen atoms in total. The number of nitrogens with zero attached hydrogens (tertiary/aromatic N) is 1. The van der Waals surface area contributed by atoms with E-state index in [1.165, 1.54) is 23.1 Å². The van der Waals surface area contributed by atoms with E-state index in [2.05, 4.69) is 10.3 Å². The van der Waals surface area contributed by atoms with Gasteiger partial charge in [0, 0.05) is 24.6 Å². The number of nitrogens with one attached hydrogen (secondary N) is 1. The van der Waals surface area contributed by atoms with Crippen molar-refractivity contribution in [2.24, 2.45) is 0 Å². The number of rotatable bonds is 6. The van der Waals surface area contributed by atoms with E-state index in [1.54, 1.807) is 5.38 Å². The summed E-state index contributed by atoms with van der Waals surface area (Å²) in [4.78, 5) is 26.5. The predicted octanol–water partition coefficient (Wildman–Crippen LogP) is 1.16. The molecule has 1 aromatic heterocycles. The molecule has 1 saturated heterocycles. The minimum Gasteiger partial charge on any atom is -0.481 e. The standard InChI is InChI=1S/C12H16N2O4S2/c15-10(13-8-1-3-18-4-2-8)7-20-12-14-9(6-19-12)5-11(16)17/h6,8H,1-5,7H2,(H,13,15)(H,16,17). The lowest BCUT2D eigenvalue weighted by Gasteiger charge is -2.22. The number of aliphatic carboxylic acids is 1. The van der Waals surface area contributed by atoms with E-state index >= 15 is 0 Å². The zero-order chi connectivity index (χ0) is 14.4. The number of carboxylic acids is 1. The maximum atomic E-state index is 11.8. The van der Waals surface area contributed by atoms with Gasteiger partial charge >= 0.3 is 5.97 Å². The van der Waals surface area contributed by atoms with Crippen LogP contribution in [-0.4, -0.2) is 47.0 Å². The summed E-state index contributed by atoms with van der Waals surface area (Å²) in [7, 11) is 0. The van der Waals surface area contributed by atoms with Gasteiger partial charge in [-0.2, -0.15) is 0 Å². The molecule has 20 heavy (non-hydrogen) atoms. The van der Waals surface area contributed by atoms with Gasteiger partial charge in [-0.1, -0.05) is 11.8 Å². The molecular weight excluding hydrogens is 300 g/mol. The first-order valence-corrected chi connectivity index (χ1v) is 8.16. The van der Waals surface area contributed by atoms with Crippen molar-refractivity contribution >= 4 is 35.0 Å². The number of amides is 1. The molecule has 2 heterocycles. The van der Waals surface area contributed by atoms with Crippen LogP contribution in [0.4, 0.5) is 0 Å². The van der Waals surface area contributed by atoms with Crippen molar-refractivity contribution in [2.45, 2.75) is 29.6 Å². The van der Waals surface area contributed by atoms with E-state index in [4.69, 9.17) is 9.84 Å². The van der Waals surface area contributed by atoms with E-state index in [0.717, 1.165) is 17.2 Å². The van der Waals surface area contributed by atoms with Crippen molar-refractivity contribution < 1.29 is 19.4 Å². The molecule has 0 aromatic carbocycles. The highest BCUT2D eigenvalue weighted by molar-refractivity contribution is 8.01. The zero-order valence-corrected chi connectivity index (χ0v) is 12.5. The van der Waals surface area contributed by atoms with Crippen molar-refractivity contribution in [1.82, 2.24) is 10.3 Å². The summed E-state index contributed by atoms with van der Waals surface area (Å²) in [6, 6.07) is 0.204. The predicted molar refractivity (Wildman–Crippen MR) is 76.2 cm³/mol. The second kappa shape index (κ2) is 7.61. The molecule has 1 aromatic rings. The van der Waals surface area contributed by atoms with E-state index in [9.17, 15) is 9.59 Å². The topological polar surface area (TPSA) is 88.5 Å². The molecule has 1 aliphatic rings. The highest BCUT2D eigenvalue weighted by atomic mass is 32.2. The molecule has 1 aliphatic heterocycles. The average molecular weight is 316 g/mol. The largest absolute Gasteiger partial charge is 0.481 e. The highest BCUT2D eigenvalue weighted by Gasteiger charge is 2.16. The van der Waals surface area contributed by atoms with Gasteiger partial charge in [-0.25, -0.2) is 4.98 Å². The molecule has 0 radical (unpaired) electrons. The second-order valence-corrected chi connectivity index (χ2v) is 6.50. The van der Waals surface area contributed by atoms with Crippen LogP contribution in [0.2, 0.25) is 0 Å². The van der Waals surface area contributed by atoms with Crippen LogP contribution >= 0.6 is 23.1 Å². The van der Waals surface area contributed by atoms with Gasteiger partial charge in [-0.15, -0.1) is 11.3 Å². The quantitative estimate of drug-likeness (QED) is 0.766. The molecule has 0 spiro atoms. The summed E-state index contributed by atoms with van der Waals surface area (Å²) in [6.07, 6.45) is 1.64. The van der Waals surface area contributed by atoms with Crippen molar-refractivity contribution in [2.75, 3.05) is 19.0 Å². The molecule has 2 N–H and O–H groups in total. The first-order valence-electron chi connectivity index (χ1n) is 6.29. The normalized spacial score (nSPS) is 16.0. The Morgan fingerprint density at radius 3 is 2.95 bits per heavy atom. The molecule has 0 unspecified atom stereocenters. The van der Waals surface area contributed by atoms with Crippen LogP contribution in [0.5, 0.6) is 0 Å². The molecule has 8 heteroatoms. The Kier molecular flexibility index (Phi) is 5.81. The Labute approximate surface area is 124 Å². The third kappa shape index (κ3) is 5.10. The SMILES string of the molecule is O=C(O)Cc1csc(SCC(=O)NC2CCOCC2)n1. The maximum Gasteiger partial charge on any atom is 0.309 e. The first kappa shape index (κ1) is 15.3. The fraction of sp³-hybridized carbons (Fsp3) is 0.583. The third-order valence-corrected chi connectivity index (χ3v) is 4.85. The number of carboxylic acid groups (broad SMARTS) is 1. The Balaban J connectivity index is 1.72. The molecule has 2 rings (SSSR count). The summed E-state index contributed by atoms with van der Waals surface area (Å²) in [5, 5.41) is 13.3. The van der Waals surface area contributed by atoms with Crippen LogP contribution in [0.1, 0.15) is 18.5 Å². The van der Waals surface area contributed by atoms with E-state index in [1.807, 2.05) is 0 Å². The Bertz CT molecular complexity index is 472. The molecular formula is C12H16N2O4S2. The lowest BCUT2D eigenvalue weighted by molar-refractivity contribution is -0.136. The Morgan fingerprint density at radius 1 is 1.50 bits per heavy atom. The number of thioether (sulfide) groups is 1. The monoisotopic (exact) mass is 316 g/mol. The fourth-order valence-electron chi connectivity index (χ4n) is 1.83. The summed E-state index contributed by atoms with van der Waals surface area (Å²) in [6.45, 7) is 1.40. The van der Waals surface area contributed by atoms with Crippen molar-refractivity contribution in [3.8, 4) is 0 Å². The molecule has 0 aliphatic carbocycles. The lowest BCUT2D eigenvalue weighted by Crippen LogP contribution is -2.39. The Morgan fingerprint density at radius 2 is 2.25 bits per heavy atom. The van der Waals surface area contributed by atoms with Crippen LogP contribution in [0.3, 0.4) is 0 Å². The van der Waals surface area contributed by atoms with Crippen LogP contribution in [0.25, 0.3) is 0 Å². The van der Waals surface area contributed by atoms with Gasteiger partial charge in [0.05, 0.1) is 17.9 Å². The number of thiazole rings is 1. The van der Waals surface area contributed by atoms with E-state index in [0.29, 0.717) is 24.7 Å². The lowest BCUT2D eigenvalue weighted by atomic mass is 10.1. The number of hydrogen-bond acceptors (Lipinski definition) is 6. The van der Waals surface area contributed by atoms with E-state index < -0.39 is 5.97 Å². The molecule has 0 atom stereocenters. The molecule has 0 bridgehead atoms. The van der Waals surface area contributed by atoms with Crippen molar-refractivity contribution in [1.29, 1.82) is 0 Å². The van der Waals surface area contributed by atoms with Gasteiger partial charge in [0.2, 0.25) is 5.91 Å². The fourth-order valence-corrected chi connectivity index (χ4v) is 3.49. The summed E-state index contributed by atoms with van der Waals surface area (Å²) in [5.41, 5.74) is 0.537. The zero-order valence-electron chi connectivity index (χ0n) is 10.8. The van der Waals surface area contributed by atoms with Crippen molar-refractivity contribution in [3.63, 3.8) is 0 Å². The van der Waals surface area contributed by atoms with Gasteiger partial charge in [0.15, 0.2) is 4.34 Å². The van der Waals surface area contributed by atoms with Crippen LogP contribution < -0.4 is 5.32 Å². The number of aromatic nitrogens is 1. The van der Waals surface area contributed by atoms with E-state index in [-0.39, 0.29) is 18.4 Å². The molecule has 1 fully saturated rings. The minimum atomic E-state index is -0.899. The molecule has 1 amide bonds. The van der Waals surface area contributed by atoms with Gasteiger partial charge < -0.3 is 15.2 Å². The summed E-state index contributed by atoms with van der Waals surface area (Å²) < 4.78 is 5.96. The van der Waals surface area contributed by atoms with Gasteiger partial charge in [-0.3, -0.25) is 9.59 Å². The van der Waals surface area contributed by atoms with Crippen LogP contribution in [-0.2, 0) is 20.7 Å². The minimum absolute atomic E-state index is 0.0168. The second-order valence-electron chi connectivity index (χ2n) is 4.42. The average Bonchev–Trinajstić information content (AvgIpc) is 2.84. The Hall–Kier alpha value is -1.12. The van der Waals surface area contributed by atoms with Gasteiger partial charge in [-0.05, 0) is 12.8 Å². The summed E-state index contributed by atoms with van der Waals surface area (Å²) in [5.74, 6) is -0.613. The molecule has 0 saturated carbocycles. The molecule has 110 valence electrons. The van der Waals surface area contributed by atoms with Crippen molar-refractivity contribution in [3.05, 3.63) is 11.1 Å².